The van der Waals surface area contributed by atoms with E-state index in [1.807, 2.05) is 12.1 Å². The Morgan fingerprint density at radius 3 is 2.64 bits per heavy atom. The van der Waals surface area contributed by atoms with Crippen molar-refractivity contribution >= 4 is 33.5 Å². The van der Waals surface area contributed by atoms with Gasteiger partial charge in [-0.25, -0.2) is 9.78 Å². The molecule has 2 rings (SSSR count). The highest BCUT2D eigenvalue weighted by atomic mass is 79.9. The van der Waals surface area contributed by atoms with Crippen LogP contribution in [0.15, 0.2) is 47.1 Å². The molecular formula is C15H13BrN2O4. The molecule has 22 heavy (non-hydrogen) atoms. The van der Waals surface area contributed by atoms with Crippen LogP contribution in [0.1, 0.15) is 10.5 Å². The SMILES string of the molecule is COC(=O)c1ncccc1OCC(=O)Nc1ccc(Br)cc1. The molecule has 7 heteroatoms. The summed E-state index contributed by atoms with van der Waals surface area (Å²) in [6.45, 7) is -0.244. The first-order valence-electron chi connectivity index (χ1n) is 6.31. The quantitative estimate of drug-likeness (QED) is 0.825. The molecule has 0 atom stereocenters. The van der Waals surface area contributed by atoms with Crippen LogP contribution in [0.5, 0.6) is 5.75 Å². The number of nitrogens with zero attached hydrogens (tertiary/aromatic N) is 1. The number of esters is 1. The van der Waals surface area contributed by atoms with Gasteiger partial charge in [-0.1, -0.05) is 15.9 Å². The lowest BCUT2D eigenvalue weighted by Gasteiger charge is -2.09. The van der Waals surface area contributed by atoms with Gasteiger partial charge in [0.25, 0.3) is 5.91 Å². The number of ether oxygens (including phenoxy) is 2. The second-order valence-electron chi connectivity index (χ2n) is 4.19. The summed E-state index contributed by atoms with van der Waals surface area (Å²) in [5, 5.41) is 2.68. The molecule has 0 aliphatic rings. The van der Waals surface area contributed by atoms with Crippen molar-refractivity contribution in [1.82, 2.24) is 4.98 Å². The van der Waals surface area contributed by atoms with E-state index in [0.29, 0.717) is 5.69 Å². The monoisotopic (exact) mass is 364 g/mol. The van der Waals surface area contributed by atoms with Crippen molar-refractivity contribution in [2.24, 2.45) is 0 Å². The van der Waals surface area contributed by atoms with Gasteiger partial charge >= 0.3 is 5.97 Å². The summed E-state index contributed by atoms with van der Waals surface area (Å²) in [4.78, 5) is 27.3. The zero-order valence-electron chi connectivity index (χ0n) is 11.7. The maximum Gasteiger partial charge on any atom is 0.360 e. The van der Waals surface area contributed by atoms with Crippen molar-refractivity contribution in [1.29, 1.82) is 0 Å². The Kier molecular flexibility index (Phi) is 5.48. The highest BCUT2D eigenvalue weighted by Gasteiger charge is 2.15. The van der Waals surface area contributed by atoms with Crippen LogP contribution >= 0.6 is 15.9 Å². The fraction of sp³-hybridized carbons (Fsp3) is 0.133. The smallest absolute Gasteiger partial charge is 0.360 e. The molecule has 1 aromatic carbocycles. The Bertz CT molecular complexity index is 673. The summed E-state index contributed by atoms with van der Waals surface area (Å²) in [6.07, 6.45) is 1.45. The average molecular weight is 365 g/mol. The number of anilines is 1. The molecule has 0 saturated heterocycles. The minimum Gasteiger partial charge on any atom is -0.481 e. The van der Waals surface area contributed by atoms with Crippen LogP contribution in [0.25, 0.3) is 0 Å². The van der Waals surface area contributed by atoms with Crippen LogP contribution in [-0.4, -0.2) is 30.6 Å². The Morgan fingerprint density at radius 2 is 1.95 bits per heavy atom. The Morgan fingerprint density at radius 1 is 1.23 bits per heavy atom. The fourth-order valence-electron chi connectivity index (χ4n) is 1.63. The summed E-state index contributed by atoms with van der Waals surface area (Å²) in [5.41, 5.74) is 0.678. The van der Waals surface area contributed by atoms with Crippen molar-refractivity contribution in [3.05, 3.63) is 52.8 Å². The standard InChI is InChI=1S/C15H13BrN2O4/c1-21-15(20)14-12(3-2-8-17-14)22-9-13(19)18-11-6-4-10(16)5-7-11/h2-8H,9H2,1H3,(H,18,19). The Hall–Kier alpha value is -2.41. The summed E-state index contributed by atoms with van der Waals surface area (Å²) in [7, 11) is 1.25. The number of methoxy groups -OCH3 is 1. The number of nitrogens with one attached hydrogen (secondary N) is 1. The van der Waals surface area contributed by atoms with E-state index < -0.39 is 5.97 Å². The second kappa shape index (κ2) is 7.56. The number of rotatable bonds is 5. The summed E-state index contributed by atoms with van der Waals surface area (Å²) in [5.74, 6) is -0.772. The van der Waals surface area contributed by atoms with Crippen molar-refractivity contribution in [2.75, 3.05) is 19.0 Å². The van der Waals surface area contributed by atoms with Gasteiger partial charge in [0.15, 0.2) is 18.1 Å². The number of carbonyl (C=O) groups is 2. The second-order valence-corrected chi connectivity index (χ2v) is 5.10. The number of halogens is 1. The van der Waals surface area contributed by atoms with Crippen molar-refractivity contribution < 1.29 is 19.1 Å². The lowest BCUT2D eigenvalue weighted by molar-refractivity contribution is -0.118. The van der Waals surface area contributed by atoms with Gasteiger partial charge in [-0.3, -0.25) is 4.79 Å². The van der Waals surface area contributed by atoms with E-state index in [-0.39, 0.29) is 24.0 Å². The van der Waals surface area contributed by atoms with Gasteiger partial charge in [0.1, 0.15) is 0 Å². The Balaban J connectivity index is 1.96. The number of benzene rings is 1. The van der Waals surface area contributed by atoms with E-state index in [2.05, 4.69) is 31.0 Å². The first-order chi connectivity index (χ1) is 10.6. The lowest BCUT2D eigenvalue weighted by Crippen LogP contribution is -2.21. The van der Waals surface area contributed by atoms with Gasteiger partial charge in [-0.15, -0.1) is 0 Å². The van der Waals surface area contributed by atoms with Crippen molar-refractivity contribution in [3.63, 3.8) is 0 Å². The number of hydrogen-bond donors (Lipinski definition) is 1. The van der Waals surface area contributed by atoms with Crippen LogP contribution in [0.4, 0.5) is 5.69 Å². The third kappa shape index (κ3) is 4.29. The molecule has 2 aromatic rings. The van der Waals surface area contributed by atoms with E-state index in [4.69, 9.17) is 4.74 Å². The van der Waals surface area contributed by atoms with Crippen LogP contribution in [0.2, 0.25) is 0 Å². The molecule has 1 heterocycles. The minimum absolute atomic E-state index is 0.0291. The Labute approximate surface area is 135 Å². The van der Waals surface area contributed by atoms with Gasteiger partial charge < -0.3 is 14.8 Å². The molecule has 6 nitrogen and oxygen atoms in total. The molecule has 0 unspecified atom stereocenters. The molecule has 1 N–H and O–H groups in total. The molecule has 0 aliphatic carbocycles. The fourth-order valence-corrected chi connectivity index (χ4v) is 1.89. The van der Waals surface area contributed by atoms with Gasteiger partial charge in [0.05, 0.1) is 7.11 Å². The van der Waals surface area contributed by atoms with Crippen LogP contribution in [-0.2, 0) is 9.53 Å². The van der Waals surface area contributed by atoms with E-state index in [1.165, 1.54) is 13.3 Å². The molecule has 0 fully saturated rings. The molecule has 1 aromatic heterocycles. The van der Waals surface area contributed by atoms with Gasteiger partial charge in [0.2, 0.25) is 0 Å². The van der Waals surface area contributed by atoms with Gasteiger partial charge in [-0.05, 0) is 36.4 Å². The first-order valence-corrected chi connectivity index (χ1v) is 7.11. The zero-order valence-corrected chi connectivity index (χ0v) is 13.3. The first kappa shape index (κ1) is 16.0. The lowest BCUT2D eigenvalue weighted by atomic mass is 10.3. The van der Waals surface area contributed by atoms with E-state index >= 15 is 0 Å². The summed E-state index contributed by atoms with van der Waals surface area (Å²) in [6, 6.07) is 10.3. The highest BCUT2D eigenvalue weighted by molar-refractivity contribution is 9.10. The minimum atomic E-state index is -0.621. The molecule has 1 amide bonds. The topological polar surface area (TPSA) is 77.5 Å². The highest BCUT2D eigenvalue weighted by Crippen LogP contribution is 2.17. The zero-order chi connectivity index (χ0) is 15.9. The summed E-state index contributed by atoms with van der Waals surface area (Å²) >= 11 is 3.31. The number of hydrogen-bond acceptors (Lipinski definition) is 5. The predicted molar refractivity (Wildman–Crippen MR) is 83.8 cm³/mol. The van der Waals surface area contributed by atoms with Crippen molar-refractivity contribution in [2.45, 2.75) is 0 Å². The normalized spacial score (nSPS) is 9.91. The maximum atomic E-state index is 11.8. The van der Waals surface area contributed by atoms with Gasteiger partial charge in [-0.2, -0.15) is 0 Å². The third-order valence-corrected chi connectivity index (χ3v) is 3.16. The largest absolute Gasteiger partial charge is 0.481 e. The van der Waals surface area contributed by atoms with Crippen LogP contribution in [0.3, 0.4) is 0 Å². The van der Waals surface area contributed by atoms with Crippen LogP contribution < -0.4 is 10.1 Å². The van der Waals surface area contributed by atoms with E-state index in [1.54, 1.807) is 24.3 Å². The molecule has 0 saturated carbocycles. The van der Waals surface area contributed by atoms with Crippen molar-refractivity contribution in [3.8, 4) is 5.75 Å². The average Bonchev–Trinajstić information content (AvgIpc) is 2.54. The molecule has 0 spiro atoms. The van der Waals surface area contributed by atoms with E-state index in [0.717, 1.165) is 4.47 Å². The number of amides is 1. The van der Waals surface area contributed by atoms with E-state index in [9.17, 15) is 9.59 Å². The van der Waals surface area contributed by atoms with Crippen LogP contribution in [0, 0.1) is 0 Å². The molecular weight excluding hydrogens is 352 g/mol. The number of carbonyl (C=O) groups excluding carboxylic acids is 2. The number of pyridine rings is 1. The molecule has 0 bridgehead atoms. The third-order valence-electron chi connectivity index (χ3n) is 2.64. The molecule has 0 radical (unpaired) electrons. The summed E-state index contributed by atoms with van der Waals surface area (Å²) < 4.78 is 10.9. The predicted octanol–water partition coefficient (Wildman–Crippen LogP) is 2.65. The number of aromatic nitrogens is 1. The maximum absolute atomic E-state index is 11.8. The molecule has 0 aliphatic heterocycles. The molecule has 114 valence electrons. The van der Waals surface area contributed by atoms with Gasteiger partial charge in [0, 0.05) is 16.4 Å².